The van der Waals surface area contributed by atoms with Crippen LogP contribution in [0.25, 0.3) is 0 Å². The smallest absolute Gasteiger partial charge is 0.148 e. The molecule has 114 valence electrons. The number of anilines is 2. The summed E-state index contributed by atoms with van der Waals surface area (Å²) in [6.45, 7) is 0. The molecule has 0 aliphatic rings. The van der Waals surface area contributed by atoms with Gasteiger partial charge >= 0.3 is 0 Å². The molecule has 0 aliphatic carbocycles. The molecule has 0 fully saturated rings. The number of nitrogen functional groups attached to an aromatic ring is 2. The Bertz CT molecular complexity index is 630. The average molecular weight is 439 g/mol. The van der Waals surface area contributed by atoms with Gasteiger partial charge < -0.3 is 11.5 Å². The molecule has 0 bridgehead atoms. The van der Waals surface area contributed by atoms with Crippen molar-refractivity contribution in [2.24, 2.45) is 0 Å². The third kappa shape index (κ3) is 4.50. The Morgan fingerprint density at radius 2 is 1.33 bits per heavy atom. The maximum atomic E-state index is 12.7. The average Bonchev–Trinajstić information content (AvgIpc) is 2.45. The van der Waals surface area contributed by atoms with E-state index in [1.165, 1.54) is 18.2 Å². The van der Waals surface area contributed by atoms with Crippen LogP contribution in [0.15, 0.2) is 22.7 Å². The Balaban J connectivity index is 0.000000211. The van der Waals surface area contributed by atoms with Gasteiger partial charge in [-0.2, -0.15) is 0 Å². The van der Waals surface area contributed by atoms with Gasteiger partial charge in [-0.25, -0.2) is 8.78 Å². The van der Waals surface area contributed by atoms with Crippen LogP contribution < -0.4 is 11.5 Å². The predicted octanol–water partition coefficient (Wildman–Crippen LogP) is 6.19. The maximum absolute atomic E-state index is 12.7. The molecule has 0 radical (unpaired) electrons. The first-order chi connectivity index (χ1) is 9.66. The van der Waals surface area contributed by atoms with E-state index in [4.69, 9.17) is 57.9 Å². The Labute approximate surface area is 148 Å². The van der Waals surface area contributed by atoms with Crippen molar-refractivity contribution in [2.45, 2.75) is 0 Å². The summed E-state index contributed by atoms with van der Waals surface area (Å²) in [5, 5.41) is 0.603. The van der Waals surface area contributed by atoms with Crippen LogP contribution in [0.4, 0.5) is 20.2 Å². The van der Waals surface area contributed by atoms with Gasteiger partial charge in [0.15, 0.2) is 0 Å². The van der Waals surface area contributed by atoms with Crippen molar-refractivity contribution >= 4 is 73.7 Å². The third-order valence-corrected chi connectivity index (χ3v) is 4.78. The maximum Gasteiger partial charge on any atom is 0.148 e. The van der Waals surface area contributed by atoms with Crippen LogP contribution in [-0.2, 0) is 0 Å². The monoisotopic (exact) mass is 436 g/mol. The summed E-state index contributed by atoms with van der Waals surface area (Å²) in [4.78, 5) is 0. The normalized spacial score (nSPS) is 10.0. The Kier molecular flexibility index (Phi) is 6.81. The van der Waals surface area contributed by atoms with Crippen molar-refractivity contribution in [1.29, 1.82) is 0 Å². The van der Waals surface area contributed by atoms with Gasteiger partial charge in [-0.1, -0.05) is 46.4 Å². The molecule has 4 N–H and O–H groups in total. The second-order valence-electron chi connectivity index (χ2n) is 3.64. The van der Waals surface area contributed by atoms with E-state index in [2.05, 4.69) is 15.9 Å². The van der Waals surface area contributed by atoms with Gasteiger partial charge in [-0.3, -0.25) is 0 Å². The number of benzene rings is 2. The summed E-state index contributed by atoms with van der Waals surface area (Å²) >= 11 is 25.2. The zero-order valence-electron chi connectivity index (χ0n) is 10.0. The van der Waals surface area contributed by atoms with Crippen molar-refractivity contribution in [3.05, 3.63) is 54.4 Å². The lowest BCUT2D eigenvalue weighted by molar-refractivity contribution is 0.631. The largest absolute Gasteiger partial charge is 0.395 e. The summed E-state index contributed by atoms with van der Waals surface area (Å²) < 4.78 is 25.6. The van der Waals surface area contributed by atoms with E-state index in [0.717, 1.165) is 0 Å². The van der Waals surface area contributed by atoms with E-state index in [0.29, 0.717) is 4.47 Å². The summed E-state index contributed by atoms with van der Waals surface area (Å²) in [6.07, 6.45) is 0. The fourth-order valence-corrected chi connectivity index (χ4v) is 2.30. The van der Waals surface area contributed by atoms with Crippen molar-refractivity contribution in [3.8, 4) is 0 Å². The molecule has 0 spiro atoms. The third-order valence-electron chi connectivity index (χ3n) is 2.23. The summed E-state index contributed by atoms with van der Waals surface area (Å²) in [5.41, 5.74) is 10.2. The van der Waals surface area contributed by atoms with E-state index in [1.807, 2.05) is 0 Å². The number of nitrogens with two attached hydrogens (primary N) is 2. The number of hydrogen-bond acceptors (Lipinski definition) is 2. The molecule has 0 atom stereocenters. The highest BCUT2D eigenvalue weighted by Gasteiger charge is 2.11. The highest BCUT2D eigenvalue weighted by atomic mass is 79.9. The summed E-state index contributed by atoms with van der Waals surface area (Å²) in [6, 6.07) is 3.70. The molecule has 2 aromatic carbocycles. The minimum absolute atomic E-state index is 0.0403. The van der Waals surface area contributed by atoms with Gasteiger partial charge in [-0.15, -0.1) is 0 Å². The Hall–Kier alpha value is -0.460. The highest BCUT2D eigenvalue weighted by Crippen LogP contribution is 2.36. The molecule has 2 rings (SSSR count). The Morgan fingerprint density at radius 1 is 0.810 bits per heavy atom. The van der Waals surface area contributed by atoms with Crippen LogP contribution >= 0.6 is 62.3 Å². The first kappa shape index (κ1) is 18.6. The van der Waals surface area contributed by atoms with E-state index in [1.54, 1.807) is 0 Å². The van der Waals surface area contributed by atoms with Gasteiger partial charge in [0.2, 0.25) is 0 Å². The van der Waals surface area contributed by atoms with Gasteiger partial charge in [-0.05, 0) is 34.1 Å². The quantitative estimate of drug-likeness (QED) is 0.292. The lowest BCUT2D eigenvalue weighted by Crippen LogP contribution is -1.92. The SMILES string of the molecule is Nc1c(F)cc(Br)c(Cl)c1Cl.Nc1c(F)ccc(Cl)c1Cl. The standard InChI is InChI=1S/C6H3BrCl2FN.C6H4Cl2FN/c7-2-1-3(10)6(11)5(9)4(2)8;7-3-1-2-4(9)6(10)5(3)8/h1H,11H2;1-2H,10H2. The Morgan fingerprint density at radius 3 is 1.86 bits per heavy atom. The van der Waals surface area contributed by atoms with E-state index < -0.39 is 11.6 Å². The van der Waals surface area contributed by atoms with Crippen molar-refractivity contribution in [3.63, 3.8) is 0 Å². The van der Waals surface area contributed by atoms with Gasteiger partial charge in [0, 0.05) is 4.47 Å². The van der Waals surface area contributed by atoms with E-state index in [-0.39, 0.29) is 31.5 Å². The number of rotatable bonds is 0. The molecule has 0 unspecified atom stereocenters. The first-order valence-electron chi connectivity index (χ1n) is 5.14. The molecular weight excluding hydrogens is 432 g/mol. The second-order valence-corrected chi connectivity index (χ2v) is 6.03. The van der Waals surface area contributed by atoms with Gasteiger partial charge in [0.1, 0.15) is 11.6 Å². The van der Waals surface area contributed by atoms with Gasteiger partial charge in [0.05, 0.1) is 31.5 Å². The molecule has 0 aromatic heterocycles. The lowest BCUT2D eigenvalue weighted by atomic mass is 10.3. The van der Waals surface area contributed by atoms with Gasteiger partial charge in [0.25, 0.3) is 0 Å². The van der Waals surface area contributed by atoms with Crippen LogP contribution in [0.5, 0.6) is 0 Å². The fourth-order valence-electron chi connectivity index (χ4n) is 1.12. The topological polar surface area (TPSA) is 52.0 Å². The van der Waals surface area contributed by atoms with Crippen molar-refractivity contribution in [2.75, 3.05) is 11.5 Å². The molecular formula is C12H7BrCl4F2N2. The molecule has 0 heterocycles. The lowest BCUT2D eigenvalue weighted by Gasteiger charge is -2.03. The van der Waals surface area contributed by atoms with E-state index >= 15 is 0 Å². The minimum atomic E-state index is -0.578. The second kappa shape index (κ2) is 7.70. The molecule has 2 nitrogen and oxygen atoms in total. The van der Waals surface area contributed by atoms with E-state index in [9.17, 15) is 8.78 Å². The van der Waals surface area contributed by atoms with Crippen LogP contribution in [0.3, 0.4) is 0 Å². The zero-order valence-corrected chi connectivity index (χ0v) is 14.6. The van der Waals surface area contributed by atoms with Crippen molar-refractivity contribution < 1.29 is 8.78 Å². The number of halogens is 7. The van der Waals surface area contributed by atoms with Crippen LogP contribution in [0.2, 0.25) is 20.1 Å². The zero-order chi connectivity index (χ0) is 16.3. The minimum Gasteiger partial charge on any atom is -0.395 e. The molecule has 9 heteroatoms. The van der Waals surface area contributed by atoms with Crippen LogP contribution in [0.1, 0.15) is 0 Å². The summed E-state index contributed by atoms with van der Waals surface area (Å²) in [5.74, 6) is -1.12. The molecule has 0 aliphatic heterocycles. The molecule has 2 aromatic rings. The fraction of sp³-hybridized carbons (Fsp3) is 0. The molecule has 0 saturated carbocycles. The highest BCUT2D eigenvalue weighted by molar-refractivity contribution is 9.10. The molecule has 0 amide bonds. The predicted molar refractivity (Wildman–Crippen MR) is 89.4 cm³/mol. The van der Waals surface area contributed by atoms with Crippen LogP contribution in [0, 0.1) is 11.6 Å². The summed E-state index contributed by atoms with van der Waals surface area (Å²) in [7, 11) is 0. The first-order valence-corrected chi connectivity index (χ1v) is 7.44. The molecule has 21 heavy (non-hydrogen) atoms. The molecule has 0 saturated heterocycles. The van der Waals surface area contributed by atoms with Crippen LogP contribution in [-0.4, -0.2) is 0 Å². The number of hydrogen-bond donors (Lipinski definition) is 2. The van der Waals surface area contributed by atoms with Crippen molar-refractivity contribution in [1.82, 2.24) is 0 Å².